The second-order valence-electron chi connectivity index (χ2n) is 7.73. The summed E-state index contributed by atoms with van der Waals surface area (Å²) in [6, 6.07) is 12.7. The number of para-hydroxylation sites is 1. The summed E-state index contributed by atoms with van der Waals surface area (Å²) in [5.74, 6) is 0.806. The number of allylic oxidation sites excluding steroid dienone is 1. The van der Waals surface area contributed by atoms with E-state index in [1.807, 2.05) is 56.3 Å². The minimum Gasteiger partial charge on any atom is -0.490 e. The van der Waals surface area contributed by atoms with E-state index in [9.17, 15) is 9.90 Å². The summed E-state index contributed by atoms with van der Waals surface area (Å²) in [5, 5.41) is 26.6. The Labute approximate surface area is 186 Å². The average Bonchev–Trinajstić information content (AvgIpc) is 3.12. The van der Waals surface area contributed by atoms with Crippen LogP contribution in [0.4, 0.5) is 5.82 Å². The highest BCUT2D eigenvalue weighted by molar-refractivity contribution is 6.03. The van der Waals surface area contributed by atoms with Gasteiger partial charge in [-0.15, -0.1) is 0 Å². The number of fused-ring (bicyclic) bond motifs is 1. The molecule has 3 heterocycles. The van der Waals surface area contributed by atoms with E-state index in [0.717, 1.165) is 17.0 Å². The van der Waals surface area contributed by atoms with Crippen molar-refractivity contribution in [3.05, 3.63) is 77.3 Å². The van der Waals surface area contributed by atoms with Crippen LogP contribution < -0.4 is 20.8 Å². The number of hydrogen-bond acceptors (Lipinski definition) is 8. The molecule has 0 fully saturated rings. The monoisotopic (exact) mass is 437 g/mol. The summed E-state index contributed by atoms with van der Waals surface area (Å²) >= 11 is 0. The van der Waals surface area contributed by atoms with Crippen molar-refractivity contribution in [1.82, 2.24) is 20.7 Å². The lowest BCUT2D eigenvalue weighted by Crippen LogP contribution is -2.50. The van der Waals surface area contributed by atoms with Crippen molar-refractivity contribution < 1.29 is 19.7 Å². The van der Waals surface area contributed by atoms with E-state index in [0.29, 0.717) is 17.3 Å². The van der Waals surface area contributed by atoms with Crippen molar-refractivity contribution in [2.24, 2.45) is 0 Å². The van der Waals surface area contributed by atoms with E-state index in [4.69, 9.17) is 9.84 Å². The van der Waals surface area contributed by atoms with Crippen LogP contribution in [0.25, 0.3) is 0 Å². The molecule has 9 nitrogen and oxygen atoms in total. The molecule has 0 radical (unpaired) electrons. The molecular formula is C23H27N5O4. The van der Waals surface area contributed by atoms with Gasteiger partial charge in [0, 0.05) is 17.0 Å². The van der Waals surface area contributed by atoms with Gasteiger partial charge in [-0.3, -0.25) is 9.80 Å². The molecule has 2 aliphatic heterocycles. The number of aromatic nitrogens is 1. The molecule has 0 spiro atoms. The maximum absolute atomic E-state index is 13.1. The first-order valence-corrected chi connectivity index (χ1v) is 10.4. The van der Waals surface area contributed by atoms with Crippen LogP contribution in [0.3, 0.4) is 0 Å². The third-order valence-corrected chi connectivity index (χ3v) is 5.24. The van der Waals surface area contributed by atoms with E-state index in [1.165, 1.54) is 0 Å². The van der Waals surface area contributed by atoms with Crippen LogP contribution >= 0.6 is 0 Å². The summed E-state index contributed by atoms with van der Waals surface area (Å²) in [6.07, 6.45) is 2.81. The Balaban J connectivity index is 1.53. The topological polar surface area (TPSA) is 119 Å². The van der Waals surface area contributed by atoms with E-state index in [-0.39, 0.29) is 31.3 Å². The number of ether oxygens (including phenoxy) is 1. The molecule has 9 heteroatoms. The minimum absolute atomic E-state index is 0.0198. The standard InChI is InChI=1S/C23H27N5O4/c1-14-6-5-9-20(24-14)26-23(31)22-15(2)25-21-11-10-18(27-28(21)22)17-7-3-4-8-19(17)32-13-16(30)12-29/h3-11,16,18,21,25,27,29-30H,12-13H2,1-2H3,(H,24,26,31)/t16-,18?,21?/m1/s1. The molecule has 2 aromatic rings. The molecule has 5 N–H and O–H groups in total. The molecule has 32 heavy (non-hydrogen) atoms. The van der Waals surface area contributed by atoms with Gasteiger partial charge in [-0.2, -0.15) is 0 Å². The van der Waals surface area contributed by atoms with E-state index >= 15 is 0 Å². The number of aliphatic hydroxyl groups is 2. The minimum atomic E-state index is -0.957. The van der Waals surface area contributed by atoms with Gasteiger partial charge in [-0.1, -0.05) is 30.3 Å². The number of hydrazine groups is 1. The summed E-state index contributed by atoms with van der Waals surface area (Å²) in [5.41, 5.74) is 6.27. The molecule has 0 aliphatic carbocycles. The van der Waals surface area contributed by atoms with Gasteiger partial charge >= 0.3 is 0 Å². The predicted molar refractivity (Wildman–Crippen MR) is 119 cm³/mol. The third kappa shape index (κ3) is 4.59. The molecule has 2 unspecified atom stereocenters. The summed E-state index contributed by atoms with van der Waals surface area (Å²) < 4.78 is 5.72. The predicted octanol–water partition coefficient (Wildman–Crippen LogP) is 1.34. The number of anilines is 1. The zero-order chi connectivity index (χ0) is 22.7. The first-order chi connectivity index (χ1) is 15.5. The van der Waals surface area contributed by atoms with E-state index < -0.39 is 6.10 Å². The number of hydrogen-bond donors (Lipinski definition) is 5. The molecule has 4 rings (SSSR count). The number of nitrogens with one attached hydrogen (secondary N) is 3. The molecule has 3 atom stereocenters. The molecule has 168 valence electrons. The normalized spacial score (nSPS) is 20.6. The Kier molecular flexibility index (Phi) is 6.40. The summed E-state index contributed by atoms with van der Waals surface area (Å²) in [6.45, 7) is 3.33. The number of benzene rings is 1. The number of aryl methyl sites for hydroxylation is 1. The van der Waals surface area contributed by atoms with Crippen molar-refractivity contribution in [3.63, 3.8) is 0 Å². The summed E-state index contributed by atoms with van der Waals surface area (Å²) in [4.78, 5) is 17.4. The van der Waals surface area contributed by atoms with Crippen LogP contribution in [-0.4, -0.2) is 51.6 Å². The Morgan fingerprint density at radius 2 is 2.03 bits per heavy atom. The second kappa shape index (κ2) is 9.39. The molecule has 0 saturated carbocycles. The highest BCUT2D eigenvalue weighted by atomic mass is 16.5. The fraction of sp³-hybridized carbons (Fsp3) is 0.304. The Hall–Kier alpha value is -3.40. The Morgan fingerprint density at radius 3 is 2.81 bits per heavy atom. The van der Waals surface area contributed by atoms with Crippen molar-refractivity contribution in [1.29, 1.82) is 0 Å². The number of nitrogens with zero attached hydrogens (tertiary/aromatic N) is 2. The Morgan fingerprint density at radius 1 is 1.22 bits per heavy atom. The van der Waals surface area contributed by atoms with Crippen LogP contribution in [0.1, 0.15) is 24.2 Å². The number of carbonyl (C=O) groups excluding carboxylic acids is 1. The first-order valence-electron chi connectivity index (χ1n) is 10.4. The van der Waals surface area contributed by atoms with Gasteiger partial charge in [0.25, 0.3) is 5.91 Å². The van der Waals surface area contributed by atoms with Gasteiger partial charge < -0.3 is 25.6 Å². The van der Waals surface area contributed by atoms with E-state index in [1.54, 1.807) is 17.1 Å². The highest BCUT2D eigenvalue weighted by Gasteiger charge is 2.36. The molecule has 1 aromatic heterocycles. The number of aliphatic hydroxyl groups excluding tert-OH is 2. The largest absolute Gasteiger partial charge is 0.490 e. The lowest BCUT2D eigenvalue weighted by atomic mass is 10.0. The van der Waals surface area contributed by atoms with Crippen LogP contribution in [0, 0.1) is 6.92 Å². The lowest BCUT2D eigenvalue weighted by molar-refractivity contribution is -0.114. The van der Waals surface area contributed by atoms with Crippen LogP contribution in [0.2, 0.25) is 0 Å². The number of rotatable bonds is 7. The van der Waals surface area contributed by atoms with Gasteiger partial charge in [0.05, 0.1) is 12.6 Å². The van der Waals surface area contributed by atoms with Crippen molar-refractivity contribution >= 4 is 11.7 Å². The molecular weight excluding hydrogens is 410 g/mol. The highest BCUT2D eigenvalue weighted by Crippen LogP contribution is 2.32. The van der Waals surface area contributed by atoms with Crippen molar-refractivity contribution in [2.75, 3.05) is 18.5 Å². The molecule has 2 aliphatic rings. The molecule has 0 bridgehead atoms. The van der Waals surface area contributed by atoms with Gasteiger partial charge in [0.1, 0.15) is 36.1 Å². The Bertz CT molecular complexity index is 1050. The lowest BCUT2D eigenvalue weighted by Gasteiger charge is -2.35. The maximum atomic E-state index is 13.1. The molecule has 1 aromatic carbocycles. The fourth-order valence-electron chi connectivity index (χ4n) is 3.71. The molecule has 0 saturated heterocycles. The average molecular weight is 438 g/mol. The summed E-state index contributed by atoms with van der Waals surface area (Å²) in [7, 11) is 0. The molecule has 1 amide bonds. The second-order valence-corrected chi connectivity index (χ2v) is 7.73. The van der Waals surface area contributed by atoms with Gasteiger partial charge in [-0.05, 0) is 38.1 Å². The SMILES string of the molecule is CC1=C(C(=O)Nc2cccc(C)n2)N2NC(c3ccccc3OC[C@H](O)CO)C=CC2N1. The number of pyridine rings is 1. The van der Waals surface area contributed by atoms with Crippen LogP contribution in [0.5, 0.6) is 5.75 Å². The van der Waals surface area contributed by atoms with Gasteiger partial charge in [0.2, 0.25) is 0 Å². The zero-order valence-electron chi connectivity index (χ0n) is 17.9. The van der Waals surface area contributed by atoms with E-state index in [2.05, 4.69) is 21.0 Å². The van der Waals surface area contributed by atoms with Crippen molar-refractivity contribution in [2.45, 2.75) is 32.2 Å². The third-order valence-electron chi connectivity index (χ3n) is 5.24. The quantitative estimate of drug-likeness (QED) is 0.412. The first kappa shape index (κ1) is 21.8. The zero-order valence-corrected chi connectivity index (χ0v) is 17.9. The maximum Gasteiger partial charge on any atom is 0.276 e. The van der Waals surface area contributed by atoms with Crippen molar-refractivity contribution in [3.8, 4) is 5.75 Å². The van der Waals surface area contributed by atoms with Crippen LogP contribution in [0.15, 0.2) is 66.0 Å². The number of amides is 1. The fourth-order valence-corrected chi connectivity index (χ4v) is 3.71. The number of carbonyl (C=O) groups is 1. The van der Waals surface area contributed by atoms with Gasteiger partial charge in [-0.25, -0.2) is 10.4 Å². The van der Waals surface area contributed by atoms with Crippen LogP contribution in [-0.2, 0) is 4.79 Å². The van der Waals surface area contributed by atoms with Gasteiger partial charge in [0.15, 0.2) is 0 Å². The smallest absolute Gasteiger partial charge is 0.276 e.